The first-order valence-corrected chi connectivity index (χ1v) is 5.53. The quantitative estimate of drug-likeness (QED) is 0.845. The lowest BCUT2D eigenvalue weighted by Crippen LogP contribution is -2.10. The van der Waals surface area contributed by atoms with Crippen molar-refractivity contribution < 1.29 is 4.39 Å². The SMILES string of the molecule is C=C(NCC)c1cc(F)c(C)c(I)c1. The summed E-state index contributed by atoms with van der Waals surface area (Å²) in [5.41, 5.74) is 2.28. The van der Waals surface area contributed by atoms with Crippen molar-refractivity contribution in [3.05, 3.63) is 39.2 Å². The molecule has 0 saturated carbocycles. The first-order valence-electron chi connectivity index (χ1n) is 4.45. The highest BCUT2D eigenvalue weighted by molar-refractivity contribution is 14.1. The predicted molar refractivity (Wildman–Crippen MR) is 66.6 cm³/mol. The molecule has 0 aliphatic rings. The minimum Gasteiger partial charge on any atom is -0.385 e. The number of rotatable bonds is 3. The van der Waals surface area contributed by atoms with Gasteiger partial charge in [-0.15, -0.1) is 0 Å². The Bertz CT molecular complexity index is 337. The molecule has 1 aromatic carbocycles. The summed E-state index contributed by atoms with van der Waals surface area (Å²) in [6.07, 6.45) is 0. The molecule has 0 amide bonds. The Morgan fingerprint density at radius 3 is 2.71 bits per heavy atom. The highest BCUT2D eigenvalue weighted by Crippen LogP contribution is 2.20. The molecule has 0 bridgehead atoms. The van der Waals surface area contributed by atoms with E-state index in [4.69, 9.17) is 0 Å². The van der Waals surface area contributed by atoms with Crippen LogP contribution in [0.4, 0.5) is 4.39 Å². The lowest BCUT2D eigenvalue weighted by molar-refractivity contribution is 0.616. The molecule has 14 heavy (non-hydrogen) atoms. The van der Waals surface area contributed by atoms with Gasteiger partial charge >= 0.3 is 0 Å². The van der Waals surface area contributed by atoms with E-state index >= 15 is 0 Å². The number of halogens is 2. The maximum atomic E-state index is 13.4. The van der Waals surface area contributed by atoms with Crippen molar-refractivity contribution in [2.24, 2.45) is 0 Å². The smallest absolute Gasteiger partial charge is 0.127 e. The van der Waals surface area contributed by atoms with Gasteiger partial charge in [0.05, 0.1) is 0 Å². The normalized spacial score (nSPS) is 10.0. The van der Waals surface area contributed by atoms with Crippen molar-refractivity contribution in [3.63, 3.8) is 0 Å². The molecular formula is C11H13FIN. The molecule has 1 nitrogen and oxygen atoms in total. The van der Waals surface area contributed by atoms with Gasteiger partial charge in [0.25, 0.3) is 0 Å². The molecular weight excluding hydrogens is 292 g/mol. The lowest BCUT2D eigenvalue weighted by atomic mass is 10.1. The number of benzene rings is 1. The van der Waals surface area contributed by atoms with E-state index in [0.717, 1.165) is 21.4 Å². The second-order valence-corrected chi connectivity index (χ2v) is 4.24. The molecule has 3 heteroatoms. The fraction of sp³-hybridized carbons (Fsp3) is 0.273. The van der Waals surface area contributed by atoms with Gasteiger partial charge in [0, 0.05) is 21.4 Å². The van der Waals surface area contributed by atoms with Crippen LogP contribution in [0, 0.1) is 16.3 Å². The molecule has 0 aromatic heterocycles. The van der Waals surface area contributed by atoms with E-state index in [1.54, 1.807) is 6.92 Å². The van der Waals surface area contributed by atoms with Crippen molar-refractivity contribution in [2.45, 2.75) is 13.8 Å². The Morgan fingerprint density at radius 2 is 2.21 bits per heavy atom. The summed E-state index contributed by atoms with van der Waals surface area (Å²) >= 11 is 2.13. The molecule has 0 aliphatic heterocycles. The summed E-state index contributed by atoms with van der Waals surface area (Å²) in [6, 6.07) is 3.45. The summed E-state index contributed by atoms with van der Waals surface area (Å²) in [4.78, 5) is 0. The van der Waals surface area contributed by atoms with Gasteiger partial charge in [0.1, 0.15) is 5.82 Å². The van der Waals surface area contributed by atoms with Crippen LogP contribution >= 0.6 is 22.6 Å². The summed E-state index contributed by atoms with van der Waals surface area (Å²) < 4.78 is 14.3. The first-order chi connectivity index (χ1) is 6.56. The molecule has 76 valence electrons. The second-order valence-electron chi connectivity index (χ2n) is 3.07. The third-order valence-electron chi connectivity index (χ3n) is 2.02. The van der Waals surface area contributed by atoms with E-state index in [1.807, 2.05) is 13.0 Å². The Labute approximate surface area is 97.5 Å². The van der Waals surface area contributed by atoms with Crippen LogP contribution in [0.25, 0.3) is 5.70 Å². The van der Waals surface area contributed by atoms with Crippen molar-refractivity contribution >= 4 is 28.3 Å². The highest BCUT2D eigenvalue weighted by atomic mass is 127. The van der Waals surface area contributed by atoms with Gasteiger partial charge in [-0.3, -0.25) is 0 Å². The first kappa shape index (κ1) is 11.5. The van der Waals surface area contributed by atoms with E-state index in [9.17, 15) is 4.39 Å². The van der Waals surface area contributed by atoms with Crippen LogP contribution in [-0.2, 0) is 0 Å². The van der Waals surface area contributed by atoms with E-state index in [0.29, 0.717) is 5.56 Å². The number of hydrogen-bond donors (Lipinski definition) is 1. The molecule has 0 saturated heterocycles. The van der Waals surface area contributed by atoms with Crippen LogP contribution in [0.1, 0.15) is 18.1 Å². The molecule has 0 fully saturated rings. The van der Waals surface area contributed by atoms with Crippen LogP contribution in [0.15, 0.2) is 18.7 Å². The number of nitrogens with one attached hydrogen (secondary N) is 1. The van der Waals surface area contributed by atoms with E-state index < -0.39 is 0 Å². The lowest BCUT2D eigenvalue weighted by Gasteiger charge is -2.09. The molecule has 0 unspecified atom stereocenters. The monoisotopic (exact) mass is 305 g/mol. The molecule has 0 spiro atoms. The van der Waals surface area contributed by atoms with Gasteiger partial charge in [-0.2, -0.15) is 0 Å². The minimum atomic E-state index is -0.175. The molecule has 0 aliphatic carbocycles. The van der Waals surface area contributed by atoms with Crippen molar-refractivity contribution in [2.75, 3.05) is 6.54 Å². The van der Waals surface area contributed by atoms with Crippen molar-refractivity contribution in [3.8, 4) is 0 Å². The maximum Gasteiger partial charge on any atom is 0.127 e. The largest absolute Gasteiger partial charge is 0.385 e. The van der Waals surface area contributed by atoms with E-state index in [2.05, 4.69) is 34.5 Å². The molecule has 1 rings (SSSR count). The average Bonchev–Trinajstić information content (AvgIpc) is 2.13. The van der Waals surface area contributed by atoms with Crippen LogP contribution in [0.2, 0.25) is 0 Å². The summed E-state index contributed by atoms with van der Waals surface area (Å²) in [5, 5.41) is 3.07. The van der Waals surface area contributed by atoms with Crippen LogP contribution in [0.3, 0.4) is 0 Å². The van der Waals surface area contributed by atoms with Gasteiger partial charge in [-0.25, -0.2) is 4.39 Å². The minimum absolute atomic E-state index is 0.175. The van der Waals surface area contributed by atoms with Gasteiger partial charge in [-0.05, 0) is 54.1 Å². The third kappa shape index (κ3) is 2.47. The Hall–Kier alpha value is -0.580. The van der Waals surface area contributed by atoms with Gasteiger partial charge in [0.2, 0.25) is 0 Å². The molecule has 0 atom stereocenters. The Kier molecular flexibility index (Phi) is 3.92. The fourth-order valence-electron chi connectivity index (χ4n) is 1.13. The number of hydrogen-bond acceptors (Lipinski definition) is 1. The van der Waals surface area contributed by atoms with Gasteiger partial charge < -0.3 is 5.32 Å². The Balaban J connectivity index is 3.06. The molecule has 0 radical (unpaired) electrons. The van der Waals surface area contributed by atoms with Crippen LogP contribution < -0.4 is 5.32 Å². The predicted octanol–water partition coefficient (Wildman–Crippen LogP) is 3.32. The molecule has 0 heterocycles. The fourth-order valence-corrected chi connectivity index (χ4v) is 1.73. The maximum absolute atomic E-state index is 13.4. The average molecular weight is 305 g/mol. The highest BCUT2D eigenvalue weighted by Gasteiger charge is 2.06. The van der Waals surface area contributed by atoms with Gasteiger partial charge in [-0.1, -0.05) is 6.58 Å². The Morgan fingerprint density at radius 1 is 1.57 bits per heavy atom. The van der Waals surface area contributed by atoms with Gasteiger partial charge in [0.15, 0.2) is 0 Å². The van der Waals surface area contributed by atoms with Crippen LogP contribution in [-0.4, -0.2) is 6.54 Å². The summed E-state index contributed by atoms with van der Waals surface area (Å²) in [6.45, 7) is 8.40. The van der Waals surface area contributed by atoms with Crippen molar-refractivity contribution in [1.82, 2.24) is 5.32 Å². The zero-order valence-corrected chi connectivity index (χ0v) is 10.5. The standard InChI is InChI=1S/C11H13FIN/c1-4-14-8(3)9-5-10(12)7(2)11(13)6-9/h5-6,14H,3-4H2,1-2H3. The third-order valence-corrected chi connectivity index (χ3v) is 3.14. The second kappa shape index (κ2) is 4.77. The van der Waals surface area contributed by atoms with E-state index in [1.165, 1.54) is 6.07 Å². The summed E-state index contributed by atoms with van der Waals surface area (Å²) in [5.74, 6) is -0.175. The van der Waals surface area contributed by atoms with E-state index in [-0.39, 0.29) is 5.82 Å². The molecule has 1 aromatic rings. The zero-order chi connectivity index (χ0) is 10.7. The summed E-state index contributed by atoms with van der Waals surface area (Å²) in [7, 11) is 0. The molecule has 1 N–H and O–H groups in total. The zero-order valence-electron chi connectivity index (χ0n) is 8.32. The van der Waals surface area contributed by atoms with Crippen LogP contribution in [0.5, 0.6) is 0 Å². The van der Waals surface area contributed by atoms with Crippen molar-refractivity contribution in [1.29, 1.82) is 0 Å². The topological polar surface area (TPSA) is 12.0 Å².